The number of amides is 1. The molecule has 3 saturated heterocycles. The van der Waals surface area contributed by atoms with Crippen LogP contribution in [0.2, 0.25) is 0 Å². The summed E-state index contributed by atoms with van der Waals surface area (Å²) in [4.78, 5) is 13.5. The van der Waals surface area contributed by atoms with Crippen molar-refractivity contribution in [3.8, 4) is 0 Å². The Balaban J connectivity index is 1.32. The van der Waals surface area contributed by atoms with Crippen LogP contribution in [0, 0.1) is 0 Å². The van der Waals surface area contributed by atoms with Gasteiger partial charge in [0.15, 0.2) is 18.9 Å². The number of aliphatic hydroxyl groups is 11. The number of allylic oxidation sites excluding steroid dienone is 13. The summed E-state index contributed by atoms with van der Waals surface area (Å²) in [5.41, 5.74) is 0. The maximum Gasteiger partial charge on any atom is 0.220 e. The third-order valence-electron chi connectivity index (χ3n) is 20.7. The molecule has 105 heavy (non-hydrogen) atoms. The van der Waals surface area contributed by atoms with E-state index in [1.54, 1.807) is 6.08 Å². The van der Waals surface area contributed by atoms with E-state index in [9.17, 15) is 61.0 Å². The molecule has 1 amide bonds. The van der Waals surface area contributed by atoms with Gasteiger partial charge in [0.1, 0.15) is 73.2 Å². The third kappa shape index (κ3) is 45.2. The molecule has 0 bridgehead atoms. The van der Waals surface area contributed by atoms with Gasteiger partial charge in [-0.25, -0.2) is 0 Å². The highest BCUT2D eigenvalue weighted by atomic mass is 16.8. The molecular weight excluding hydrogens is 1330 g/mol. The first-order valence-corrected chi connectivity index (χ1v) is 42.3. The van der Waals surface area contributed by atoms with E-state index in [0.29, 0.717) is 12.8 Å². The SMILES string of the molecule is CC/C=C\C/C=C\C/C=C\C/C=C\CCCCCCCCCCCCCCCCCCCCCCCCCCCCC(=O)NC(COC1OC(CO)C(OC2OC(CO)C(OC3OC(CO)C(O)C(O)C3O)C(O)C2O)C(O)C1O)C(O)/C=C/CC/C=C/CC/C=C/CCCCCCCCCCCCC. The zero-order valence-corrected chi connectivity index (χ0v) is 65.4. The number of unbranched alkanes of at least 4 members (excludes halogenated alkanes) is 39. The molecule has 3 fully saturated rings. The van der Waals surface area contributed by atoms with Gasteiger partial charge in [-0.05, 0) is 83.5 Å². The molecule has 0 aromatic carbocycles. The molecule has 19 heteroatoms. The van der Waals surface area contributed by atoms with Crippen LogP contribution in [0.4, 0.5) is 0 Å². The molecule has 19 nitrogen and oxygen atoms in total. The Hall–Kier alpha value is -3.03. The molecule has 0 radical (unpaired) electrons. The fraction of sp³-hybridized carbons (Fsp3) is 0.826. The van der Waals surface area contributed by atoms with Crippen LogP contribution in [-0.4, -0.2) is 193 Å². The van der Waals surface area contributed by atoms with Crippen LogP contribution >= 0.6 is 0 Å². The Kier molecular flexibility index (Phi) is 60.1. The predicted octanol–water partition coefficient (Wildman–Crippen LogP) is 15.0. The van der Waals surface area contributed by atoms with Crippen molar-refractivity contribution in [2.45, 2.75) is 426 Å². The molecule has 0 aromatic heterocycles. The minimum atomic E-state index is -1.98. The number of ether oxygens (including phenoxy) is 6. The lowest BCUT2D eigenvalue weighted by molar-refractivity contribution is -0.379. The first kappa shape index (κ1) is 96.2. The zero-order valence-electron chi connectivity index (χ0n) is 65.4. The van der Waals surface area contributed by atoms with Gasteiger partial charge in [-0.2, -0.15) is 0 Å². The molecule has 0 spiro atoms. The lowest BCUT2D eigenvalue weighted by atomic mass is 9.96. The number of hydrogen-bond acceptors (Lipinski definition) is 18. The fourth-order valence-corrected chi connectivity index (χ4v) is 13.9. The number of rotatable bonds is 67. The molecule has 3 rings (SSSR count). The van der Waals surface area contributed by atoms with Crippen LogP contribution in [-0.2, 0) is 33.2 Å². The van der Waals surface area contributed by atoms with E-state index in [1.807, 2.05) is 6.08 Å². The highest BCUT2D eigenvalue weighted by Crippen LogP contribution is 2.33. The van der Waals surface area contributed by atoms with Crippen molar-refractivity contribution >= 4 is 5.91 Å². The van der Waals surface area contributed by atoms with Crippen LogP contribution in [0.3, 0.4) is 0 Å². The van der Waals surface area contributed by atoms with E-state index in [-0.39, 0.29) is 18.9 Å². The van der Waals surface area contributed by atoms with Gasteiger partial charge in [0.05, 0.1) is 38.6 Å². The summed E-state index contributed by atoms with van der Waals surface area (Å²) in [5, 5.41) is 121. The molecule has 12 N–H and O–H groups in total. The summed E-state index contributed by atoms with van der Waals surface area (Å²) < 4.78 is 34.4. The van der Waals surface area contributed by atoms with E-state index in [1.165, 1.54) is 218 Å². The lowest BCUT2D eigenvalue weighted by Gasteiger charge is -2.48. The summed E-state index contributed by atoms with van der Waals surface area (Å²) in [7, 11) is 0. The zero-order chi connectivity index (χ0) is 76.0. The monoisotopic (exact) mass is 1490 g/mol. The van der Waals surface area contributed by atoms with E-state index in [4.69, 9.17) is 28.4 Å². The van der Waals surface area contributed by atoms with Crippen molar-refractivity contribution in [2.75, 3.05) is 26.4 Å². The smallest absolute Gasteiger partial charge is 0.220 e. The Bertz CT molecular complexity index is 2230. The largest absolute Gasteiger partial charge is 0.394 e. The first-order valence-electron chi connectivity index (χ1n) is 42.3. The van der Waals surface area contributed by atoms with Crippen LogP contribution in [0.5, 0.6) is 0 Å². The second-order valence-electron chi connectivity index (χ2n) is 29.9. The van der Waals surface area contributed by atoms with Gasteiger partial charge >= 0.3 is 0 Å². The molecular formula is C86H153NO18. The topological polar surface area (TPSA) is 307 Å². The maximum absolute atomic E-state index is 13.5. The first-order chi connectivity index (χ1) is 51.3. The van der Waals surface area contributed by atoms with Crippen molar-refractivity contribution in [3.63, 3.8) is 0 Å². The molecule has 0 saturated carbocycles. The second-order valence-corrected chi connectivity index (χ2v) is 29.9. The summed E-state index contributed by atoms with van der Waals surface area (Å²) in [6.07, 6.45) is 61.7. The van der Waals surface area contributed by atoms with Gasteiger partial charge in [0.2, 0.25) is 5.91 Å². The van der Waals surface area contributed by atoms with Crippen LogP contribution < -0.4 is 5.32 Å². The normalized spacial score (nSPS) is 26.2. The predicted molar refractivity (Wildman–Crippen MR) is 420 cm³/mol. The van der Waals surface area contributed by atoms with Gasteiger partial charge in [-0.3, -0.25) is 4.79 Å². The molecule has 0 aromatic rings. The highest BCUT2D eigenvalue weighted by Gasteiger charge is 2.54. The quantitative estimate of drug-likeness (QED) is 0.0199. The number of carbonyl (C=O) groups is 1. The van der Waals surface area contributed by atoms with E-state index >= 15 is 0 Å². The van der Waals surface area contributed by atoms with Crippen molar-refractivity contribution in [1.29, 1.82) is 0 Å². The number of hydrogen-bond donors (Lipinski definition) is 12. The highest BCUT2D eigenvalue weighted by molar-refractivity contribution is 5.76. The minimum Gasteiger partial charge on any atom is -0.394 e. The van der Waals surface area contributed by atoms with Crippen LogP contribution in [0.15, 0.2) is 85.1 Å². The molecule has 17 atom stereocenters. The van der Waals surface area contributed by atoms with Crippen molar-refractivity contribution in [3.05, 3.63) is 85.1 Å². The van der Waals surface area contributed by atoms with E-state index in [2.05, 4.69) is 92.1 Å². The standard InChI is InChI=1S/C86H153NO18/c1-3-5-7-9-11-13-15-17-19-21-23-25-26-27-28-29-30-31-32-33-34-35-36-37-38-39-40-41-42-44-46-48-50-52-54-56-58-60-62-64-74(92)87-69(70(91)63-61-59-57-55-53-51-49-47-45-43-24-22-20-18-16-14-12-10-8-6-4-2)68-100-84-80(98)77(95)82(72(66-89)102-84)105-86-81(99)78(96)83(73(67-90)103-86)104-85-79(97)76(94)75(93)71(65-88)101-85/h5,7,11,13,17,19,23,25,45,47,53,55,61,63,69-73,75-86,88-91,93-99H,3-4,6,8-10,12,14-16,18,20-22,24,26-44,46,48-52,54,56-60,62,64-68H2,1-2H3,(H,87,92)/b7-5-,13-11-,19-17-,25-23-,47-45+,55-53+,63-61+. The average Bonchev–Trinajstić information content (AvgIpc) is 0.780. The van der Waals surface area contributed by atoms with E-state index in [0.717, 1.165) is 70.6 Å². The number of nitrogens with one attached hydrogen (secondary N) is 1. The van der Waals surface area contributed by atoms with Crippen LogP contribution in [0.1, 0.15) is 322 Å². The van der Waals surface area contributed by atoms with Gasteiger partial charge in [0.25, 0.3) is 0 Å². The summed E-state index contributed by atoms with van der Waals surface area (Å²) in [6, 6.07) is -0.999. The average molecular weight is 1490 g/mol. The minimum absolute atomic E-state index is 0.233. The van der Waals surface area contributed by atoms with Gasteiger partial charge in [-0.1, -0.05) is 317 Å². The lowest BCUT2D eigenvalue weighted by Crippen LogP contribution is -2.66. The molecule has 3 heterocycles. The van der Waals surface area contributed by atoms with Gasteiger partial charge in [-0.15, -0.1) is 0 Å². The summed E-state index contributed by atoms with van der Waals surface area (Å²) in [6.45, 7) is 1.63. The fourth-order valence-electron chi connectivity index (χ4n) is 13.9. The Labute approximate surface area is 635 Å². The number of carbonyl (C=O) groups excluding carboxylic acids is 1. The Morgan fingerprint density at radius 2 is 0.667 bits per heavy atom. The van der Waals surface area contributed by atoms with E-state index < -0.39 is 124 Å². The van der Waals surface area contributed by atoms with Crippen molar-refractivity contribution < 1.29 is 89.4 Å². The molecule has 0 aliphatic carbocycles. The molecule has 3 aliphatic rings. The summed E-state index contributed by atoms with van der Waals surface area (Å²) in [5.74, 6) is -0.285. The van der Waals surface area contributed by atoms with Gasteiger partial charge in [0, 0.05) is 6.42 Å². The molecule has 3 aliphatic heterocycles. The van der Waals surface area contributed by atoms with Gasteiger partial charge < -0.3 is 89.9 Å². The van der Waals surface area contributed by atoms with Crippen LogP contribution in [0.25, 0.3) is 0 Å². The maximum atomic E-state index is 13.5. The second kappa shape index (κ2) is 65.7. The Morgan fingerprint density at radius 1 is 0.352 bits per heavy atom. The van der Waals surface area contributed by atoms with Crippen molar-refractivity contribution in [1.82, 2.24) is 5.32 Å². The molecule has 610 valence electrons. The third-order valence-corrected chi connectivity index (χ3v) is 20.7. The van der Waals surface area contributed by atoms with Crippen molar-refractivity contribution in [2.24, 2.45) is 0 Å². The number of aliphatic hydroxyl groups excluding tert-OH is 11. The summed E-state index contributed by atoms with van der Waals surface area (Å²) >= 11 is 0. The Morgan fingerprint density at radius 3 is 1.07 bits per heavy atom. The molecule has 17 unspecified atom stereocenters.